The fourth-order valence-electron chi connectivity index (χ4n) is 8.62. The molecule has 0 radical (unpaired) electrons. The number of amides is 2. The van der Waals surface area contributed by atoms with Crippen LogP contribution in [0.3, 0.4) is 0 Å². The van der Waals surface area contributed by atoms with E-state index in [1.807, 2.05) is 93.0 Å². The van der Waals surface area contributed by atoms with Crippen LogP contribution in [0.15, 0.2) is 100 Å². The topological polar surface area (TPSA) is 267 Å². The SMILES string of the molecule is CC1(C)C(/C=C/C(=C/C=C2/N(CCSOO[O-])c3ccc(SOO[O-])cc3C2(C)C)c2ccccc2CCCCC(=O)ON2C(=O)CCC2=O)=[N+](CCCS(=O)(=O)[O-])c2ccc(S(=O)(=O)[O-])cc21.[Na+].[Na+].[Na+]. The number of hydrogen-bond acceptors (Lipinski definition) is 19. The maximum atomic E-state index is 12.6. The molecule has 71 heavy (non-hydrogen) atoms. The smallest absolute Gasteiger partial charge is 0.748 e. The molecular formula is C45H48N3Na3O16S4. The minimum absolute atomic E-state index is 0. The van der Waals surface area contributed by atoms with E-state index in [0.29, 0.717) is 64.1 Å². The molecule has 0 aromatic heterocycles. The first-order valence-corrected chi connectivity index (χ1v) is 25.9. The standard InChI is InChI=1S/C45H51N3O16S4.3Na/c1-44(2)35-28-32(66-64-62-53)16-18-37(35)47(25-26-65-63-61-52)40(44)21-15-31(34-12-7-5-10-30(34)11-6-8-13-43(51)60-48-41(49)22-23-42(48)50)14-20-39-45(3,4)36-29-33(68(57,58)59)17-19-38(36)46(39)24-9-27-67(54,55)56;;;/h5,7,10,12,14-21,28-29H,6,8-9,11,13,22-27H2,1-4H3,(H3-,52,53,54,55,56,57,58,59);;;/q;3*+1/p-3. The minimum Gasteiger partial charge on any atom is -0.748 e. The Morgan fingerprint density at radius 2 is 1.54 bits per heavy atom. The zero-order valence-corrected chi connectivity index (χ0v) is 49.6. The van der Waals surface area contributed by atoms with E-state index in [-0.39, 0.29) is 121 Å². The number of unbranched alkanes of at least 4 members (excludes halogenated alkanes) is 1. The van der Waals surface area contributed by atoms with Crippen LogP contribution >= 0.6 is 24.1 Å². The maximum Gasteiger partial charge on any atom is 1.00 e. The molecule has 3 heterocycles. The van der Waals surface area contributed by atoms with Gasteiger partial charge in [-0.15, -0.1) is 5.06 Å². The first-order valence-electron chi connectivity index (χ1n) is 21.2. The van der Waals surface area contributed by atoms with Gasteiger partial charge in [-0.3, -0.25) is 19.7 Å². The fourth-order valence-corrected chi connectivity index (χ4v) is 10.4. The van der Waals surface area contributed by atoms with Crippen molar-refractivity contribution in [1.82, 2.24) is 5.06 Å². The molecule has 1 fully saturated rings. The second kappa shape index (κ2) is 27.9. The van der Waals surface area contributed by atoms with Crippen molar-refractivity contribution in [1.29, 1.82) is 0 Å². The molecule has 3 aromatic rings. The molecule has 6 rings (SSSR count). The number of hydroxylamine groups is 2. The van der Waals surface area contributed by atoms with Crippen LogP contribution in [0.5, 0.6) is 0 Å². The second-order valence-electron chi connectivity index (χ2n) is 17.0. The van der Waals surface area contributed by atoms with E-state index < -0.39 is 59.5 Å². The molecule has 0 bridgehead atoms. The van der Waals surface area contributed by atoms with Gasteiger partial charge in [0.1, 0.15) is 16.7 Å². The summed E-state index contributed by atoms with van der Waals surface area (Å²) in [4.78, 5) is 43.9. The zero-order valence-electron chi connectivity index (χ0n) is 40.4. The van der Waals surface area contributed by atoms with E-state index in [1.54, 1.807) is 6.07 Å². The van der Waals surface area contributed by atoms with Crippen molar-refractivity contribution in [2.45, 2.75) is 93.3 Å². The van der Waals surface area contributed by atoms with Crippen LogP contribution in [0.25, 0.3) is 5.57 Å². The van der Waals surface area contributed by atoms with Gasteiger partial charge >= 0.3 is 94.6 Å². The van der Waals surface area contributed by atoms with Gasteiger partial charge in [0, 0.05) is 95.2 Å². The molecule has 1 saturated heterocycles. The van der Waals surface area contributed by atoms with Crippen LogP contribution in [-0.2, 0) is 75.5 Å². The van der Waals surface area contributed by atoms with E-state index in [9.17, 15) is 50.8 Å². The number of aryl methyl sites for hydroxylation is 1. The number of allylic oxidation sites excluding steroid dienone is 6. The van der Waals surface area contributed by atoms with Crippen LogP contribution in [0.2, 0.25) is 0 Å². The molecule has 3 aliphatic heterocycles. The Morgan fingerprint density at radius 3 is 2.20 bits per heavy atom. The number of nitrogens with zero attached hydrogens (tertiary/aromatic N) is 3. The summed E-state index contributed by atoms with van der Waals surface area (Å²) < 4.78 is 82.6. The van der Waals surface area contributed by atoms with Gasteiger partial charge in [0.2, 0.25) is 5.69 Å². The van der Waals surface area contributed by atoms with E-state index in [2.05, 4.69) is 23.6 Å². The number of carbonyl (C=O) groups is 3. The van der Waals surface area contributed by atoms with Crippen molar-refractivity contribution < 1.29 is 168 Å². The predicted molar refractivity (Wildman–Crippen MR) is 242 cm³/mol. The molecule has 19 nitrogen and oxygen atoms in total. The maximum absolute atomic E-state index is 12.6. The number of hydrogen-bond donors (Lipinski definition) is 0. The van der Waals surface area contributed by atoms with Gasteiger partial charge in [0.25, 0.3) is 11.8 Å². The monoisotopic (exact) mass is 1080 g/mol. The molecule has 2 amide bonds. The molecule has 0 spiro atoms. The van der Waals surface area contributed by atoms with Gasteiger partial charge in [-0.2, -0.15) is 13.2 Å². The summed E-state index contributed by atoms with van der Waals surface area (Å²) in [7, 11) is -9.42. The van der Waals surface area contributed by atoms with E-state index in [1.165, 1.54) is 18.2 Å². The van der Waals surface area contributed by atoms with E-state index in [4.69, 9.17) is 4.84 Å². The van der Waals surface area contributed by atoms with Crippen LogP contribution < -0.4 is 104 Å². The van der Waals surface area contributed by atoms with Gasteiger partial charge in [-0.1, -0.05) is 44.2 Å². The molecule has 0 aliphatic carbocycles. The third-order valence-corrected chi connectivity index (χ3v) is 14.6. The third-order valence-electron chi connectivity index (χ3n) is 11.9. The molecule has 0 unspecified atom stereocenters. The van der Waals surface area contributed by atoms with Crippen molar-refractivity contribution in [3.63, 3.8) is 0 Å². The number of imide groups is 1. The summed E-state index contributed by atoms with van der Waals surface area (Å²) in [5.74, 6) is -2.19. The minimum atomic E-state index is -4.85. The van der Waals surface area contributed by atoms with Crippen LogP contribution in [0.4, 0.5) is 11.4 Å². The van der Waals surface area contributed by atoms with Crippen LogP contribution in [0.1, 0.15) is 88.5 Å². The Labute approximate surface area is 487 Å². The van der Waals surface area contributed by atoms with Crippen molar-refractivity contribution in [2.24, 2.45) is 0 Å². The van der Waals surface area contributed by atoms with Crippen molar-refractivity contribution in [2.75, 3.05) is 29.5 Å². The van der Waals surface area contributed by atoms with Crippen LogP contribution in [0, 0.1) is 0 Å². The van der Waals surface area contributed by atoms with Gasteiger partial charge in [0.15, 0.2) is 5.71 Å². The van der Waals surface area contributed by atoms with Gasteiger partial charge < -0.3 is 29.4 Å². The molecule has 0 atom stereocenters. The van der Waals surface area contributed by atoms with Crippen molar-refractivity contribution >= 4 is 84.8 Å². The fraction of sp³-hybridized carbons (Fsp3) is 0.378. The Balaban J connectivity index is 0.00000444. The number of carbonyl (C=O) groups excluding carboxylic acids is 3. The summed E-state index contributed by atoms with van der Waals surface area (Å²) in [6.45, 7) is 8.14. The Morgan fingerprint density at radius 1 is 0.845 bits per heavy atom. The Kier molecular flexibility index (Phi) is 24.9. The largest absolute Gasteiger partial charge is 1.00 e. The van der Waals surface area contributed by atoms with Gasteiger partial charge in [-0.25, -0.2) is 21.6 Å². The van der Waals surface area contributed by atoms with Gasteiger partial charge in [-0.05, 0) is 97.9 Å². The summed E-state index contributed by atoms with van der Waals surface area (Å²) in [5.41, 5.74) is 4.93. The van der Waals surface area contributed by atoms with Gasteiger partial charge in [0.05, 0.1) is 32.5 Å². The van der Waals surface area contributed by atoms with Crippen LogP contribution in [-0.4, -0.2) is 83.7 Å². The van der Waals surface area contributed by atoms with Crippen molar-refractivity contribution in [3.8, 4) is 0 Å². The van der Waals surface area contributed by atoms with Crippen molar-refractivity contribution in [3.05, 3.63) is 113 Å². The molecule has 0 saturated carbocycles. The van der Waals surface area contributed by atoms with E-state index in [0.717, 1.165) is 52.2 Å². The zero-order chi connectivity index (χ0) is 49.4. The molecule has 366 valence electrons. The Bertz CT molecular complexity index is 2770. The first kappa shape index (κ1) is 63.5. The third kappa shape index (κ3) is 16.1. The summed E-state index contributed by atoms with van der Waals surface area (Å²) in [6.07, 6.45) is 8.80. The number of fused-ring (bicyclic) bond motifs is 2. The summed E-state index contributed by atoms with van der Waals surface area (Å²) in [6, 6.07) is 17.1. The summed E-state index contributed by atoms with van der Waals surface area (Å²) >= 11 is 1.57. The molecule has 3 aromatic carbocycles. The Hall–Kier alpha value is -1.76. The number of benzene rings is 3. The summed E-state index contributed by atoms with van der Waals surface area (Å²) in [5, 5.41) is 28.9. The predicted octanol–water partition coefficient (Wildman–Crippen LogP) is -4.34. The quantitative estimate of drug-likeness (QED) is 0.01000. The molecule has 0 N–H and O–H groups in total. The second-order valence-corrected chi connectivity index (χ2v) is 21.4. The average Bonchev–Trinajstić information content (AvgIpc) is 3.79. The number of anilines is 1. The average molecular weight is 1080 g/mol. The van der Waals surface area contributed by atoms with E-state index >= 15 is 0 Å². The molecule has 3 aliphatic rings. The number of rotatable bonds is 23. The molecule has 26 heteroatoms. The molecular weight excluding hydrogens is 1040 g/mol. The first-order chi connectivity index (χ1) is 32.2. The normalized spacial score (nSPS) is 16.8.